The Hall–Kier alpha value is -1.66. The number of carbonyl (C=O) groups excluding carboxylic acids is 1. The van der Waals surface area contributed by atoms with Gasteiger partial charge in [0.25, 0.3) is 0 Å². The third-order valence-corrected chi connectivity index (χ3v) is 3.79. The van der Waals surface area contributed by atoms with Gasteiger partial charge in [-0.3, -0.25) is 9.48 Å². The van der Waals surface area contributed by atoms with Crippen molar-refractivity contribution in [3.8, 4) is 0 Å². The van der Waals surface area contributed by atoms with Gasteiger partial charge in [0.05, 0.1) is 12.7 Å². The van der Waals surface area contributed by atoms with E-state index in [1.807, 2.05) is 29.9 Å². The average Bonchev–Trinajstić information content (AvgIpc) is 3.05. The molecule has 0 aromatic carbocycles. The highest BCUT2D eigenvalue weighted by Crippen LogP contribution is 2.21. The molecule has 0 fully saturated rings. The van der Waals surface area contributed by atoms with Crippen LogP contribution in [-0.4, -0.2) is 27.3 Å². The van der Waals surface area contributed by atoms with Gasteiger partial charge in [-0.2, -0.15) is 16.4 Å². The molecule has 0 spiro atoms. The van der Waals surface area contributed by atoms with Gasteiger partial charge in [0.15, 0.2) is 0 Å². The fraction of sp³-hybridized carbons (Fsp3) is 0.429. The van der Waals surface area contributed by atoms with Gasteiger partial charge >= 0.3 is 0 Å². The molecule has 2 aromatic heterocycles. The molecule has 0 saturated carbocycles. The molecule has 2 N–H and O–H groups in total. The Morgan fingerprint density at radius 1 is 1.60 bits per heavy atom. The summed E-state index contributed by atoms with van der Waals surface area (Å²) in [5, 5.41) is 21.0. The molecule has 1 amide bonds. The summed E-state index contributed by atoms with van der Waals surface area (Å²) in [4.78, 5) is 11.8. The summed E-state index contributed by atoms with van der Waals surface area (Å²) in [6.07, 6.45) is 4.01. The van der Waals surface area contributed by atoms with E-state index in [0.29, 0.717) is 13.0 Å². The molecule has 0 radical (unpaired) electrons. The molecule has 0 saturated heterocycles. The summed E-state index contributed by atoms with van der Waals surface area (Å²) in [6, 6.07) is 1.86. The van der Waals surface area contributed by atoms with E-state index in [-0.39, 0.29) is 12.5 Å². The van der Waals surface area contributed by atoms with Gasteiger partial charge in [-0.15, -0.1) is 0 Å². The first-order valence-corrected chi connectivity index (χ1v) is 7.42. The maximum atomic E-state index is 11.8. The molecular formula is C14H19N3O2S. The van der Waals surface area contributed by atoms with Crippen molar-refractivity contribution in [2.75, 3.05) is 6.54 Å². The largest absolute Gasteiger partial charge is 0.384 e. The topological polar surface area (TPSA) is 67.2 Å². The summed E-state index contributed by atoms with van der Waals surface area (Å²) >= 11 is 1.53. The van der Waals surface area contributed by atoms with Crippen molar-refractivity contribution in [3.05, 3.63) is 40.3 Å². The first-order valence-electron chi connectivity index (χ1n) is 6.48. The van der Waals surface area contributed by atoms with Crippen LogP contribution in [0, 0.1) is 6.92 Å². The van der Waals surface area contributed by atoms with Crippen LogP contribution >= 0.6 is 11.3 Å². The number of carbonyl (C=O) groups is 1. The highest BCUT2D eigenvalue weighted by atomic mass is 32.1. The standard InChI is InChI=1S/C14H19N3O2S/c1-11-7-16-17(8-11)5-3-13(18)15-10-14(2,19)12-4-6-20-9-12/h4,6-9,19H,3,5,10H2,1-2H3,(H,15,18). The Labute approximate surface area is 122 Å². The molecule has 0 aliphatic heterocycles. The fourth-order valence-corrected chi connectivity index (χ4v) is 2.62. The lowest BCUT2D eigenvalue weighted by atomic mass is 9.99. The van der Waals surface area contributed by atoms with Crippen molar-refractivity contribution in [2.24, 2.45) is 0 Å². The minimum Gasteiger partial charge on any atom is -0.384 e. The Balaban J connectivity index is 1.77. The van der Waals surface area contributed by atoms with E-state index in [2.05, 4.69) is 10.4 Å². The summed E-state index contributed by atoms with van der Waals surface area (Å²) < 4.78 is 1.74. The summed E-state index contributed by atoms with van der Waals surface area (Å²) in [6.45, 7) is 4.41. The Morgan fingerprint density at radius 2 is 2.40 bits per heavy atom. The van der Waals surface area contributed by atoms with Gasteiger partial charge in [0, 0.05) is 19.2 Å². The van der Waals surface area contributed by atoms with E-state index in [9.17, 15) is 9.90 Å². The van der Waals surface area contributed by atoms with Crippen LogP contribution < -0.4 is 5.32 Å². The number of nitrogens with one attached hydrogen (secondary N) is 1. The van der Waals surface area contributed by atoms with E-state index in [1.54, 1.807) is 17.8 Å². The first kappa shape index (κ1) is 14.7. The minimum absolute atomic E-state index is 0.0892. The summed E-state index contributed by atoms with van der Waals surface area (Å²) in [5.41, 5.74) is 0.870. The number of hydrogen-bond donors (Lipinski definition) is 2. The van der Waals surface area contributed by atoms with Crippen molar-refractivity contribution >= 4 is 17.2 Å². The molecule has 0 aliphatic rings. The van der Waals surface area contributed by atoms with Crippen molar-refractivity contribution in [3.63, 3.8) is 0 Å². The number of nitrogens with zero attached hydrogens (tertiary/aromatic N) is 2. The lowest BCUT2D eigenvalue weighted by Crippen LogP contribution is -2.38. The van der Waals surface area contributed by atoms with Crippen LogP contribution in [0.15, 0.2) is 29.2 Å². The van der Waals surface area contributed by atoms with E-state index in [1.165, 1.54) is 11.3 Å². The normalized spacial score (nSPS) is 13.9. The monoisotopic (exact) mass is 293 g/mol. The zero-order valence-electron chi connectivity index (χ0n) is 11.7. The van der Waals surface area contributed by atoms with Crippen molar-refractivity contribution in [2.45, 2.75) is 32.4 Å². The smallest absolute Gasteiger partial charge is 0.221 e. The predicted molar refractivity (Wildman–Crippen MR) is 78.5 cm³/mol. The van der Waals surface area contributed by atoms with Crippen LogP contribution in [0.2, 0.25) is 0 Å². The first-order chi connectivity index (χ1) is 9.47. The summed E-state index contributed by atoms with van der Waals surface area (Å²) in [7, 11) is 0. The van der Waals surface area contributed by atoms with E-state index >= 15 is 0 Å². The van der Waals surface area contributed by atoms with Gasteiger partial charge in [-0.1, -0.05) is 0 Å². The molecule has 2 aromatic rings. The molecule has 20 heavy (non-hydrogen) atoms. The minimum atomic E-state index is -1.03. The number of rotatable bonds is 6. The number of aryl methyl sites for hydroxylation is 2. The average molecular weight is 293 g/mol. The number of aromatic nitrogens is 2. The molecule has 5 nitrogen and oxygen atoms in total. The van der Waals surface area contributed by atoms with Crippen LogP contribution in [0.25, 0.3) is 0 Å². The predicted octanol–water partition coefficient (Wildman–Crippen LogP) is 1.67. The molecular weight excluding hydrogens is 274 g/mol. The van der Waals surface area contributed by atoms with Gasteiger partial charge < -0.3 is 10.4 Å². The summed E-state index contributed by atoms with van der Waals surface area (Å²) in [5.74, 6) is -0.0892. The highest BCUT2D eigenvalue weighted by Gasteiger charge is 2.23. The van der Waals surface area contributed by atoms with Gasteiger partial charge in [-0.05, 0) is 41.8 Å². The van der Waals surface area contributed by atoms with Crippen LogP contribution in [0.4, 0.5) is 0 Å². The molecule has 0 bridgehead atoms. The third-order valence-electron chi connectivity index (χ3n) is 3.10. The SMILES string of the molecule is Cc1cnn(CCC(=O)NCC(C)(O)c2ccsc2)c1. The van der Waals surface area contributed by atoms with Crippen LogP contribution in [-0.2, 0) is 16.9 Å². The molecule has 2 heterocycles. The number of aliphatic hydroxyl groups is 1. The maximum Gasteiger partial charge on any atom is 0.221 e. The second kappa shape index (κ2) is 6.19. The Morgan fingerprint density at radius 3 is 3.00 bits per heavy atom. The highest BCUT2D eigenvalue weighted by molar-refractivity contribution is 7.08. The van der Waals surface area contributed by atoms with Crippen LogP contribution in [0.3, 0.4) is 0 Å². The number of hydrogen-bond acceptors (Lipinski definition) is 4. The maximum absolute atomic E-state index is 11.8. The molecule has 6 heteroatoms. The van der Waals surface area contributed by atoms with E-state index < -0.39 is 5.60 Å². The van der Waals surface area contributed by atoms with Crippen molar-refractivity contribution in [1.82, 2.24) is 15.1 Å². The molecule has 2 rings (SSSR count). The zero-order chi connectivity index (χ0) is 14.6. The third kappa shape index (κ3) is 3.91. The van der Waals surface area contributed by atoms with Crippen molar-refractivity contribution < 1.29 is 9.90 Å². The second-order valence-corrected chi connectivity index (χ2v) is 5.87. The lowest BCUT2D eigenvalue weighted by Gasteiger charge is -2.22. The second-order valence-electron chi connectivity index (χ2n) is 5.09. The van der Waals surface area contributed by atoms with Crippen molar-refractivity contribution in [1.29, 1.82) is 0 Å². The van der Waals surface area contributed by atoms with Gasteiger partial charge in [-0.25, -0.2) is 0 Å². The number of amides is 1. The van der Waals surface area contributed by atoms with E-state index in [4.69, 9.17) is 0 Å². The number of thiophene rings is 1. The Kier molecular flexibility index (Phi) is 4.57. The fourth-order valence-electron chi connectivity index (χ4n) is 1.84. The van der Waals surface area contributed by atoms with Gasteiger partial charge in [0.1, 0.15) is 5.60 Å². The van der Waals surface area contributed by atoms with E-state index in [0.717, 1.165) is 11.1 Å². The molecule has 0 aliphatic carbocycles. The molecule has 1 atom stereocenters. The van der Waals surface area contributed by atoms with Gasteiger partial charge in [0.2, 0.25) is 5.91 Å². The van der Waals surface area contributed by atoms with Crippen LogP contribution in [0.1, 0.15) is 24.5 Å². The molecule has 108 valence electrons. The lowest BCUT2D eigenvalue weighted by molar-refractivity contribution is -0.122. The zero-order valence-corrected chi connectivity index (χ0v) is 12.5. The quantitative estimate of drug-likeness (QED) is 0.851. The van der Waals surface area contributed by atoms with Crippen LogP contribution in [0.5, 0.6) is 0 Å². The molecule has 1 unspecified atom stereocenters. The Bertz CT molecular complexity index is 561.